The van der Waals surface area contributed by atoms with Crippen LogP contribution in [0.25, 0.3) is 0 Å². The van der Waals surface area contributed by atoms with Crippen LogP contribution < -0.4 is 22.3 Å². The Balaban J connectivity index is 2.38. The molecule has 0 unspecified atom stereocenters. The van der Waals surface area contributed by atoms with Crippen LogP contribution in [-0.2, 0) is 14.8 Å². The SMILES string of the molecule is NN/C=C(\N)C[C@@H]1C(=O)NC=CN1S(=O)(=O)c1ccc(Cl)cc1. The topological polar surface area (TPSA) is 131 Å². The van der Waals surface area contributed by atoms with E-state index in [1.165, 1.54) is 42.9 Å². The smallest absolute Gasteiger partial charge is 0.264 e. The van der Waals surface area contributed by atoms with Gasteiger partial charge >= 0.3 is 0 Å². The molecule has 0 fully saturated rings. The minimum atomic E-state index is -3.93. The molecule has 10 heteroatoms. The molecule has 6 N–H and O–H groups in total. The Hall–Kier alpha value is -2.23. The van der Waals surface area contributed by atoms with E-state index in [0.717, 1.165) is 4.31 Å². The number of carbonyl (C=O) groups excluding carboxylic acids is 1. The van der Waals surface area contributed by atoms with Crippen LogP contribution in [0.3, 0.4) is 0 Å². The second-order valence-electron chi connectivity index (χ2n) is 4.72. The Kier molecular flexibility index (Phi) is 5.14. The maximum atomic E-state index is 12.7. The third-order valence-electron chi connectivity index (χ3n) is 3.14. The third kappa shape index (κ3) is 3.76. The first kappa shape index (κ1) is 17.1. The number of sulfonamides is 1. The van der Waals surface area contributed by atoms with Crippen LogP contribution >= 0.6 is 11.6 Å². The van der Waals surface area contributed by atoms with Crippen LogP contribution in [0.4, 0.5) is 0 Å². The molecule has 1 aliphatic heterocycles. The first-order valence-electron chi connectivity index (χ1n) is 6.53. The second kappa shape index (κ2) is 6.90. The van der Waals surface area contributed by atoms with Gasteiger partial charge in [0, 0.05) is 35.7 Å². The standard InChI is InChI=1S/C13H16ClN5O3S/c14-9-1-3-11(4-2-9)23(21,22)19-6-5-17-13(20)12(19)7-10(15)8-18-16/h1-6,8,12,18H,7,15-16H2,(H,17,20)/b10-8-/t12-/m1/s1. The van der Waals surface area contributed by atoms with E-state index in [9.17, 15) is 13.2 Å². The summed E-state index contributed by atoms with van der Waals surface area (Å²) in [5.41, 5.74) is 8.20. The predicted octanol–water partition coefficient (Wildman–Crippen LogP) is -0.0462. The maximum Gasteiger partial charge on any atom is 0.264 e. The Labute approximate surface area is 138 Å². The van der Waals surface area contributed by atoms with Crippen molar-refractivity contribution in [2.45, 2.75) is 17.4 Å². The molecule has 124 valence electrons. The molecule has 1 aromatic carbocycles. The third-order valence-corrected chi connectivity index (χ3v) is 5.19. The predicted molar refractivity (Wildman–Crippen MR) is 85.8 cm³/mol. The van der Waals surface area contributed by atoms with E-state index in [4.69, 9.17) is 23.2 Å². The first-order chi connectivity index (χ1) is 10.9. The summed E-state index contributed by atoms with van der Waals surface area (Å²) in [5.74, 6) is 4.64. The van der Waals surface area contributed by atoms with Gasteiger partial charge in [-0.2, -0.15) is 0 Å². The van der Waals surface area contributed by atoms with Crippen molar-refractivity contribution in [2.75, 3.05) is 0 Å². The van der Waals surface area contributed by atoms with E-state index in [1.807, 2.05) is 0 Å². The maximum absolute atomic E-state index is 12.7. The van der Waals surface area contributed by atoms with Gasteiger partial charge in [-0.15, -0.1) is 0 Å². The van der Waals surface area contributed by atoms with Crippen LogP contribution in [-0.4, -0.2) is 24.7 Å². The van der Waals surface area contributed by atoms with Gasteiger partial charge in [-0.3, -0.25) is 14.9 Å². The number of carbonyl (C=O) groups is 1. The van der Waals surface area contributed by atoms with Gasteiger partial charge in [0.1, 0.15) is 6.04 Å². The number of hydrogen-bond acceptors (Lipinski definition) is 6. The van der Waals surface area contributed by atoms with Crippen LogP contribution in [0.5, 0.6) is 0 Å². The minimum absolute atomic E-state index is 0.0192. The van der Waals surface area contributed by atoms with Crippen molar-refractivity contribution in [2.24, 2.45) is 11.6 Å². The van der Waals surface area contributed by atoms with Gasteiger partial charge in [-0.1, -0.05) is 11.6 Å². The summed E-state index contributed by atoms with van der Waals surface area (Å²) in [5, 5.41) is 2.87. The minimum Gasteiger partial charge on any atom is -0.401 e. The summed E-state index contributed by atoms with van der Waals surface area (Å²) in [6.07, 6.45) is 3.80. The normalized spacial score (nSPS) is 18.7. The Morgan fingerprint density at radius 2 is 2.04 bits per heavy atom. The molecule has 23 heavy (non-hydrogen) atoms. The highest BCUT2D eigenvalue weighted by atomic mass is 35.5. The van der Waals surface area contributed by atoms with Crippen LogP contribution in [0.1, 0.15) is 6.42 Å². The van der Waals surface area contributed by atoms with Crippen molar-refractivity contribution in [1.82, 2.24) is 15.0 Å². The number of nitrogens with zero attached hydrogens (tertiary/aromatic N) is 1. The highest BCUT2D eigenvalue weighted by Gasteiger charge is 2.35. The largest absolute Gasteiger partial charge is 0.401 e. The molecule has 2 rings (SSSR count). The van der Waals surface area contributed by atoms with Crippen molar-refractivity contribution >= 4 is 27.5 Å². The molecule has 1 atom stereocenters. The first-order valence-corrected chi connectivity index (χ1v) is 8.35. The fraction of sp³-hybridized carbons (Fsp3) is 0.154. The number of nitrogens with two attached hydrogens (primary N) is 2. The van der Waals surface area contributed by atoms with E-state index in [2.05, 4.69) is 10.7 Å². The molecule has 1 amide bonds. The van der Waals surface area contributed by atoms with Gasteiger partial charge < -0.3 is 16.5 Å². The quantitative estimate of drug-likeness (QED) is 0.432. The number of nitrogens with one attached hydrogen (secondary N) is 2. The van der Waals surface area contributed by atoms with Gasteiger partial charge in [0.05, 0.1) is 4.90 Å². The number of hydrogen-bond donors (Lipinski definition) is 4. The molecular weight excluding hydrogens is 342 g/mol. The highest BCUT2D eigenvalue weighted by Crippen LogP contribution is 2.24. The molecule has 0 radical (unpaired) electrons. The van der Waals surface area contributed by atoms with Crippen molar-refractivity contribution in [3.05, 3.63) is 53.6 Å². The summed E-state index contributed by atoms with van der Waals surface area (Å²) in [4.78, 5) is 12.1. The molecule has 1 heterocycles. The molecule has 0 bridgehead atoms. The van der Waals surface area contributed by atoms with E-state index in [-0.39, 0.29) is 17.0 Å². The second-order valence-corrected chi connectivity index (χ2v) is 7.00. The van der Waals surface area contributed by atoms with Crippen molar-refractivity contribution in [3.8, 4) is 0 Å². The molecule has 0 aromatic heterocycles. The summed E-state index contributed by atoms with van der Waals surface area (Å²) in [6.45, 7) is 0. The number of benzene rings is 1. The molecule has 1 aromatic rings. The Bertz CT molecular complexity index is 745. The lowest BCUT2D eigenvalue weighted by Crippen LogP contribution is -2.49. The average Bonchev–Trinajstić information content (AvgIpc) is 2.50. The van der Waals surface area contributed by atoms with Crippen molar-refractivity contribution in [3.63, 3.8) is 0 Å². The van der Waals surface area contributed by atoms with E-state index < -0.39 is 22.0 Å². The molecule has 1 aliphatic rings. The van der Waals surface area contributed by atoms with Gasteiger partial charge in [0.25, 0.3) is 10.0 Å². The van der Waals surface area contributed by atoms with Gasteiger partial charge in [0.15, 0.2) is 0 Å². The summed E-state index contributed by atoms with van der Waals surface area (Å²) in [7, 11) is -3.93. The zero-order valence-corrected chi connectivity index (χ0v) is 13.5. The molecule has 0 saturated heterocycles. The van der Waals surface area contributed by atoms with Gasteiger partial charge in [-0.05, 0) is 24.3 Å². The van der Waals surface area contributed by atoms with Crippen LogP contribution in [0.15, 0.2) is 53.5 Å². The number of hydrazine groups is 1. The monoisotopic (exact) mass is 357 g/mol. The summed E-state index contributed by atoms with van der Waals surface area (Å²) in [6, 6.07) is 4.64. The Morgan fingerprint density at radius 3 is 2.65 bits per heavy atom. The summed E-state index contributed by atoms with van der Waals surface area (Å²) >= 11 is 5.77. The van der Waals surface area contributed by atoms with Crippen molar-refractivity contribution < 1.29 is 13.2 Å². The van der Waals surface area contributed by atoms with E-state index in [0.29, 0.717) is 5.02 Å². The van der Waals surface area contributed by atoms with Gasteiger partial charge in [0.2, 0.25) is 5.91 Å². The lowest BCUT2D eigenvalue weighted by molar-refractivity contribution is -0.124. The number of halogens is 1. The van der Waals surface area contributed by atoms with Crippen molar-refractivity contribution in [1.29, 1.82) is 0 Å². The molecular formula is C13H16ClN5O3S. The molecule has 0 saturated carbocycles. The Morgan fingerprint density at radius 1 is 1.39 bits per heavy atom. The molecule has 0 spiro atoms. The highest BCUT2D eigenvalue weighted by molar-refractivity contribution is 7.89. The summed E-state index contributed by atoms with van der Waals surface area (Å²) < 4.78 is 26.5. The van der Waals surface area contributed by atoms with E-state index >= 15 is 0 Å². The average molecular weight is 358 g/mol. The lowest BCUT2D eigenvalue weighted by atomic mass is 10.1. The molecule has 8 nitrogen and oxygen atoms in total. The van der Waals surface area contributed by atoms with E-state index in [1.54, 1.807) is 0 Å². The fourth-order valence-corrected chi connectivity index (χ4v) is 3.63. The zero-order valence-electron chi connectivity index (χ0n) is 11.9. The van der Waals surface area contributed by atoms with Gasteiger partial charge in [-0.25, -0.2) is 8.42 Å². The number of rotatable bonds is 5. The zero-order chi connectivity index (χ0) is 17.0. The van der Waals surface area contributed by atoms with Crippen LogP contribution in [0.2, 0.25) is 5.02 Å². The number of amides is 1. The lowest BCUT2D eigenvalue weighted by Gasteiger charge is -2.31. The van der Waals surface area contributed by atoms with Crippen LogP contribution in [0, 0.1) is 0 Å². The molecule has 0 aliphatic carbocycles. The fourth-order valence-electron chi connectivity index (χ4n) is 2.06.